The second-order valence-corrected chi connectivity index (χ2v) is 5.21. The zero-order valence-corrected chi connectivity index (χ0v) is 13.4. The molecule has 128 valence electrons. The predicted molar refractivity (Wildman–Crippen MR) is 86.3 cm³/mol. The van der Waals surface area contributed by atoms with Gasteiger partial charge >= 0.3 is 0 Å². The third kappa shape index (κ3) is 3.22. The maximum atomic E-state index is 12.2. The van der Waals surface area contributed by atoms with Crippen molar-refractivity contribution in [2.24, 2.45) is 10.9 Å². The molecule has 1 aliphatic heterocycles. The summed E-state index contributed by atoms with van der Waals surface area (Å²) < 4.78 is 4.69. The number of ether oxygens (including phenoxy) is 1. The van der Waals surface area contributed by atoms with E-state index in [4.69, 9.17) is 0 Å². The Morgan fingerprint density at radius 2 is 1.92 bits per heavy atom. The average Bonchev–Trinajstić information content (AvgIpc) is 3.01. The van der Waals surface area contributed by atoms with Gasteiger partial charge < -0.3 is 10.1 Å². The molecule has 3 amide bonds. The van der Waals surface area contributed by atoms with Crippen LogP contribution in [0, 0.1) is 12.8 Å². The second kappa shape index (κ2) is 6.51. The fourth-order valence-corrected chi connectivity index (χ4v) is 2.29. The van der Waals surface area contributed by atoms with Crippen molar-refractivity contribution in [3.8, 4) is 11.3 Å². The molecule has 2 heterocycles. The molecule has 10 nitrogen and oxygen atoms in total. The van der Waals surface area contributed by atoms with Gasteiger partial charge in [0, 0.05) is 11.3 Å². The number of rotatable bonds is 3. The molecule has 0 aliphatic carbocycles. The number of carbonyl (C=O) groups is 3. The molecule has 3 rings (SSSR count). The lowest BCUT2D eigenvalue weighted by Gasteiger charge is -2.18. The fourth-order valence-electron chi connectivity index (χ4n) is 2.29. The SMILES string of the molecule is COC1=NC(=O)C(C(=O)Nc2ccc(-c3n[nH]nc3C)cc2)C(=O)N1. The molecule has 1 aromatic carbocycles. The van der Waals surface area contributed by atoms with Crippen LogP contribution in [0.2, 0.25) is 0 Å². The van der Waals surface area contributed by atoms with E-state index in [1.54, 1.807) is 24.3 Å². The minimum absolute atomic E-state index is 0.230. The summed E-state index contributed by atoms with van der Waals surface area (Å²) in [4.78, 5) is 39.4. The Kier molecular flexibility index (Phi) is 4.25. The Balaban J connectivity index is 1.73. The molecule has 0 radical (unpaired) electrons. The van der Waals surface area contributed by atoms with Crippen molar-refractivity contribution in [1.82, 2.24) is 20.7 Å². The average molecular weight is 342 g/mol. The highest BCUT2D eigenvalue weighted by atomic mass is 16.5. The lowest BCUT2D eigenvalue weighted by Crippen LogP contribution is -2.49. The van der Waals surface area contributed by atoms with Crippen molar-refractivity contribution < 1.29 is 19.1 Å². The van der Waals surface area contributed by atoms with Crippen molar-refractivity contribution in [1.29, 1.82) is 0 Å². The van der Waals surface area contributed by atoms with Crippen LogP contribution in [-0.2, 0) is 19.1 Å². The van der Waals surface area contributed by atoms with E-state index in [1.807, 2.05) is 6.92 Å². The Morgan fingerprint density at radius 3 is 2.48 bits per heavy atom. The van der Waals surface area contributed by atoms with Gasteiger partial charge in [0.25, 0.3) is 11.9 Å². The Bertz CT molecular complexity index is 870. The maximum Gasteiger partial charge on any atom is 0.299 e. The van der Waals surface area contributed by atoms with Gasteiger partial charge in [-0.25, -0.2) is 0 Å². The number of aromatic nitrogens is 3. The van der Waals surface area contributed by atoms with Crippen molar-refractivity contribution in [2.75, 3.05) is 12.4 Å². The summed E-state index contributed by atoms with van der Waals surface area (Å²) >= 11 is 0. The van der Waals surface area contributed by atoms with Crippen LogP contribution >= 0.6 is 0 Å². The summed E-state index contributed by atoms with van der Waals surface area (Å²) in [6.07, 6.45) is 0. The summed E-state index contributed by atoms with van der Waals surface area (Å²) in [6, 6.07) is 6.52. The topological polar surface area (TPSA) is 138 Å². The number of anilines is 1. The van der Waals surface area contributed by atoms with E-state index < -0.39 is 23.6 Å². The number of aliphatic imine (C=N–C) groups is 1. The van der Waals surface area contributed by atoms with E-state index in [0.29, 0.717) is 11.4 Å². The zero-order chi connectivity index (χ0) is 18.0. The Morgan fingerprint density at radius 1 is 1.20 bits per heavy atom. The standard InChI is InChI=1S/C15H14N6O4/c1-7-11(20-21-19-7)8-3-5-9(6-4-8)16-12(22)10-13(23)17-15(25-2)18-14(10)24/h3-6,10H,1-2H3,(H,16,22)(H,19,20,21)(H,17,18,23,24). The van der Waals surface area contributed by atoms with Gasteiger partial charge in [0.2, 0.25) is 11.8 Å². The Labute approximate surface area is 141 Å². The van der Waals surface area contributed by atoms with Gasteiger partial charge in [0.15, 0.2) is 5.92 Å². The highest BCUT2D eigenvalue weighted by Crippen LogP contribution is 2.21. The first-order valence-electron chi connectivity index (χ1n) is 7.25. The van der Waals surface area contributed by atoms with Crippen molar-refractivity contribution >= 4 is 29.4 Å². The number of nitrogens with zero attached hydrogens (tertiary/aromatic N) is 3. The van der Waals surface area contributed by atoms with Gasteiger partial charge in [-0.05, 0) is 19.1 Å². The number of hydrogen-bond acceptors (Lipinski definition) is 6. The van der Waals surface area contributed by atoms with E-state index in [9.17, 15) is 14.4 Å². The first-order chi connectivity index (χ1) is 12.0. The van der Waals surface area contributed by atoms with Crippen molar-refractivity contribution in [3.05, 3.63) is 30.0 Å². The van der Waals surface area contributed by atoms with Gasteiger partial charge in [-0.3, -0.25) is 19.7 Å². The molecule has 2 aromatic rings. The lowest BCUT2D eigenvalue weighted by atomic mass is 10.1. The minimum Gasteiger partial charge on any atom is -0.468 e. The number of nitrogens with one attached hydrogen (secondary N) is 3. The molecule has 1 unspecified atom stereocenters. The second-order valence-electron chi connectivity index (χ2n) is 5.21. The summed E-state index contributed by atoms with van der Waals surface area (Å²) in [6.45, 7) is 1.82. The van der Waals surface area contributed by atoms with Gasteiger partial charge in [0.1, 0.15) is 5.69 Å². The number of carbonyl (C=O) groups excluding carboxylic acids is 3. The summed E-state index contributed by atoms with van der Waals surface area (Å²) in [7, 11) is 1.25. The molecule has 0 saturated heterocycles. The zero-order valence-electron chi connectivity index (χ0n) is 13.4. The number of hydrogen-bond donors (Lipinski definition) is 3. The first kappa shape index (κ1) is 16.3. The molecule has 25 heavy (non-hydrogen) atoms. The summed E-state index contributed by atoms with van der Waals surface area (Å²) in [5.74, 6) is -4.00. The Hall–Kier alpha value is -3.56. The smallest absolute Gasteiger partial charge is 0.299 e. The highest BCUT2D eigenvalue weighted by molar-refractivity contribution is 6.26. The molecule has 1 aromatic heterocycles. The molecule has 1 atom stereocenters. The van der Waals surface area contributed by atoms with Crippen LogP contribution in [-0.4, -0.2) is 46.3 Å². The number of amidine groups is 1. The molecule has 0 fully saturated rings. The number of benzene rings is 1. The third-order valence-electron chi connectivity index (χ3n) is 3.55. The van der Waals surface area contributed by atoms with E-state index >= 15 is 0 Å². The maximum absolute atomic E-state index is 12.2. The number of aromatic amines is 1. The van der Waals surface area contributed by atoms with Gasteiger partial charge in [-0.1, -0.05) is 12.1 Å². The van der Waals surface area contributed by atoms with Gasteiger partial charge in [-0.2, -0.15) is 20.4 Å². The van der Waals surface area contributed by atoms with Crippen LogP contribution < -0.4 is 10.6 Å². The highest BCUT2D eigenvalue weighted by Gasteiger charge is 2.38. The van der Waals surface area contributed by atoms with E-state index in [2.05, 4.69) is 35.8 Å². The molecule has 0 spiro atoms. The molecular formula is C15H14N6O4. The van der Waals surface area contributed by atoms with Gasteiger partial charge in [-0.15, -0.1) is 0 Å². The van der Waals surface area contributed by atoms with Crippen LogP contribution in [0.3, 0.4) is 0 Å². The largest absolute Gasteiger partial charge is 0.468 e. The van der Waals surface area contributed by atoms with Crippen LogP contribution in [0.15, 0.2) is 29.3 Å². The van der Waals surface area contributed by atoms with E-state index in [1.165, 1.54) is 7.11 Å². The van der Waals surface area contributed by atoms with Crippen molar-refractivity contribution in [2.45, 2.75) is 6.92 Å². The molecule has 1 aliphatic rings. The molecule has 0 bridgehead atoms. The van der Waals surface area contributed by atoms with Crippen LogP contribution in [0.25, 0.3) is 11.3 Å². The van der Waals surface area contributed by atoms with Crippen LogP contribution in [0.5, 0.6) is 0 Å². The van der Waals surface area contributed by atoms with E-state index in [0.717, 1.165) is 11.3 Å². The molecule has 0 saturated carbocycles. The number of amides is 3. The lowest BCUT2D eigenvalue weighted by molar-refractivity contribution is -0.139. The van der Waals surface area contributed by atoms with Crippen molar-refractivity contribution in [3.63, 3.8) is 0 Å². The molecule has 10 heteroatoms. The number of aryl methyl sites for hydroxylation is 1. The monoisotopic (exact) mass is 342 g/mol. The predicted octanol–water partition coefficient (Wildman–Crippen LogP) is -0.00638. The van der Waals surface area contributed by atoms with Gasteiger partial charge in [0.05, 0.1) is 12.8 Å². The quantitative estimate of drug-likeness (QED) is 0.671. The third-order valence-corrected chi connectivity index (χ3v) is 3.55. The minimum atomic E-state index is -1.56. The fraction of sp³-hybridized carbons (Fsp3) is 0.200. The number of methoxy groups -OCH3 is 1. The molecular weight excluding hydrogens is 328 g/mol. The first-order valence-corrected chi connectivity index (χ1v) is 7.25. The van der Waals surface area contributed by atoms with Crippen LogP contribution in [0.1, 0.15) is 5.69 Å². The van der Waals surface area contributed by atoms with Crippen LogP contribution in [0.4, 0.5) is 5.69 Å². The summed E-state index contributed by atoms with van der Waals surface area (Å²) in [5.41, 5.74) is 2.68. The van der Waals surface area contributed by atoms with E-state index in [-0.39, 0.29) is 6.02 Å². The molecule has 3 N–H and O–H groups in total. The number of H-pyrrole nitrogens is 1. The summed E-state index contributed by atoms with van der Waals surface area (Å²) in [5, 5.41) is 15.3. The normalized spacial score (nSPS) is 16.9.